The molecule has 1 heterocycles. The molecule has 0 spiro atoms. The van der Waals surface area contributed by atoms with Crippen molar-refractivity contribution in [3.8, 4) is 0 Å². The minimum atomic E-state index is -3.01. The van der Waals surface area contributed by atoms with Gasteiger partial charge in [0.25, 0.3) is 0 Å². The molecule has 1 rings (SSSR count). The van der Waals surface area contributed by atoms with Crippen molar-refractivity contribution in [1.82, 2.24) is 5.32 Å². The highest BCUT2D eigenvalue weighted by atomic mass is 79.9. The summed E-state index contributed by atoms with van der Waals surface area (Å²) in [6.45, 7) is 1.06. The molecule has 1 N–H and O–H groups in total. The van der Waals surface area contributed by atoms with Crippen molar-refractivity contribution in [2.45, 2.75) is 12.2 Å². The quantitative estimate of drug-likeness (QED) is 0.767. The van der Waals surface area contributed by atoms with E-state index in [1.54, 1.807) is 0 Å². The molecule has 0 atom stereocenters. The molecule has 0 aromatic rings. The predicted molar refractivity (Wildman–Crippen MR) is 43.7 cm³/mol. The predicted octanol–water partition coefficient (Wildman–Crippen LogP) is 1.38. The molecular weight excluding hydrogens is 243 g/mol. The van der Waals surface area contributed by atoms with Gasteiger partial charge in [0.2, 0.25) is 0 Å². The first kappa shape index (κ1) is 11.6. The Labute approximate surface area is 78.2 Å². The molecule has 0 bridgehead atoms. The molecule has 0 aliphatic carbocycles. The van der Waals surface area contributed by atoms with E-state index in [9.17, 15) is 8.78 Å². The molecule has 0 aromatic heterocycles. The SMILES string of the molecule is Cl.FC(F)(CBr)OC1CNC1. The zero-order valence-electron chi connectivity index (χ0n) is 5.65. The number of hydrogen-bond acceptors (Lipinski definition) is 2. The van der Waals surface area contributed by atoms with Gasteiger partial charge >= 0.3 is 6.11 Å². The van der Waals surface area contributed by atoms with Crippen LogP contribution in [0.1, 0.15) is 0 Å². The lowest BCUT2D eigenvalue weighted by Gasteiger charge is -2.30. The molecule has 1 aliphatic rings. The summed E-state index contributed by atoms with van der Waals surface area (Å²) in [4.78, 5) is 0. The number of nitrogens with one attached hydrogen (secondary N) is 1. The van der Waals surface area contributed by atoms with Gasteiger partial charge in [-0.2, -0.15) is 8.78 Å². The molecule has 0 radical (unpaired) electrons. The van der Waals surface area contributed by atoms with Crippen molar-refractivity contribution in [2.24, 2.45) is 0 Å². The van der Waals surface area contributed by atoms with Crippen LogP contribution in [0, 0.1) is 0 Å². The highest BCUT2D eigenvalue weighted by Gasteiger charge is 2.34. The van der Waals surface area contributed by atoms with Gasteiger partial charge in [0.05, 0.1) is 11.4 Å². The Hall–Kier alpha value is 0.550. The van der Waals surface area contributed by atoms with Crippen LogP contribution < -0.4 is 5.32 Å². The van der Waals surface area contributed by atoms with Gasteiger partial charge in [-0.3, -0.25) is 0 Å². The molecule has 0 aromatic carbocycles. The third kappa shape index (κ3) is 3.64. The van der Waals surface area contributed by atoms with Crippen LogP contribution >= 0.6 is 28.3 Å². The van der Waals surface area contributed by atoms with Crippen molar-refractivity contribution < 1.29 is 13.5 Å². The monoisotopic (exact) mass is 251 g/mol. The van der Waals surface area contributed by atoms with Crippen LogP contribution in [0.3, 0.4) is 0 Å². The first-order chi connectivity index (χ1) is 4.64. The molecule has 11 heavy (non-hydrogen) atoms. The summed E-state index contributed by atoms with van der Waals surface area (Å²) in [5, 5.41) is 2.40. The van der Waals surface area contributed by atoms with Crippen LogP contribution in [0.4, 0.5) is 8.78 Å². The second-order valence-electron chi connectivity index (χ2n) is 2.17. The Morgan fingerprint density at radius 3 is 2.36 bits per heavy atom. The van der Waals surface area contributed by atoms with Gasteiger partial charge in [-0.15, -0.1) is 12.4 Å². The summed E-state index contributed by atoms with van der Waals surface area (Å²) < 4.78 is 29.0. The van der Waals surface area contributed by atoms with Crippen LogP contribution in [0.5, 0.6) is 0 Å². The van der Waals surface area contributed by atoms with Crippen LogP contribution in [0.25, 0.3) is 0 Å². The van der Waals surface area contributed by atoms with Gasteiger partial charge in [-0.05, 0) is 0 Å². The fourth-order valence-electron chi connectivity index (χ4n) is 0.621. The highest BCUT2D eigenvalue weighted by molar-refractivity contribution is 9.09. The molecule has 0 unspecified atom stereocenters. The Kier molecular flexibility index (Phi) is 4.77. The van der Waals surface area contributed by atoms with E-state index in [0.29, 0.717) is 13.1 Å². The number of ether oxygens (including phenoxy) is 1. The van der Waals surface area contributed by atoms with Crippen LogP contribution in [-0.2, 0) is 4.74 Å². The van der Waals surface area contributed by atoms with Gasteiger partial charge in [-0.1, -0.05) is 15.9 Å². The van der Waals surface area contributed by atoms with E-state index in [4.69, 9.17) is 0 Å². The zero-order valence-corrected chi connectivity index (χ0v) is 8.05. The minimum absolute atomic E-state index is 0. The minimum Gasteiger partial charge on any atom is -0.314 e. The third-order valence-corrected chi connectivity index (χ3v) is 1.89. The van der Waals surface area contributed by atoms with E-state index in [1.807, 2.05) is 0 Å². The second kappa shape index (κ2) is 4.54. The molecule has 1 saturated heterocycles. The Bertz CT molecular complexity index is 123. The van der Waals surface area contributed by atoms with Crippen molar-refractivity contribution in [1.29, 1.82) is 0 Å². The van der Waals surface area contributed by atoms with Gasteiger partial charge in [0, 0.05) is 13.1 Å². The van der Waals surface area contributed by atoms with Crippen LogP contribution in [0.15, 0.2) is 0 Å². The standard InChI is InChI=1S/C5H8BrF2NO.ClH/c6-3-5(7,8)10-4-1-9-2-4;/h4,9H,1-3H2;1H. The van der Waals surface area contributed by atoms with Gasteiger partial charge in [-0.25, -0.2) is 0 Å². The Balaban J connectivity index is 0.000001000. The van der Waals surface area contributed by atoms with Crippen LogP contribution in [0.2, 0.25) is 0 Å². The normalized spacial score (nSPS) is 18.8. The third-order valence-electron chi connectivity index (χ3n) is 1.24. The maximum Gasteiger partial charge on any atom is 0.365 e. The molecule has 0 amide bonds. The first-order valence-electron chi connectivity index (χ1n) is 2.96. The fourth-order valence-corrected chi connectivity index (χ4v) is 0.753. The van der Waals surface area contributed by atoms with E-state index in [2.05, 4.69) is 26.0 Å². The number of alkyl halides is 3. The summed E-state index contributed by atoms with van der Waals surface area (Å²) in [6.07, 6.45) is -3.32. The molecule has 0 saturated carbocycles. The topological polar surface area (TPSA) is 21.3 Å². The van der Waals surface area contributed by atoms with Gasteiger partial charge in [0.1, 0.15) is 0 Å². The van der Waals surface area contributed by atoms with Crippen molar-refractivity contribution in [3.05, 3.63) is 0 Å². The highest BCUT2D eigenvalue weighted by Crippen LogP contribution is 2.21. The lowest BCUT2D eigenvalue weighted by atomic mass is 10.2. The Morgan fingerprint density at radius 1 is 1.55 bits per heavy atom. The molecular formula is C5H9BrClF2NO. The van der Waals surface area contributed by atoms with Crippen molar-refractivity contribution in [3.63, 3.8) is 0 Å². The summed E-state index contributed by atoms with van der Waals surface area (Å²) in [5.41, 5.74) is 0. The average Bonchev–Trinajstić information content (AvgIpc) is 1.80. The first-order valence-corrected chi connectivity index (χ1v) is 4.08. The fraction of sp³-hybridized carbons (Fsp3) is 1.00. The van der Waals surface area contributed by atoms with Gasteiger partial charge in [0.15, 0.2) is 0 Å². The van der Waals surface area contributed by atoms with E-state index < -0.39 is 11.4 Å². The molecule has 1 fully saturated rings. The maximum absolute atomic E-state index is 12.3. The molecule has 6 heteroatoms. The van der Waals surface area contributed by atoms with Crippen molar-refractivity contribution in [2.75, 3.05) is 18.4 Å². The van der Waals surface area contributed by atoms with E-state index >= 15 is 0 Å². The number of hydrogen-bond donors (Lipinski definition) is 1. The summed E-state index contributed by atoms with van der Waals surface area (Å²) in [7, 11) is 0. The number of halogens is 4. The lowest BCUT2D eigenvalue weighted by molar-refractivity contribution is -0.252. The summed E-state index contributed by atoms with van der Waals surface area (Å²) in [6, 6.07) is 0. The van der Waals surface area contributed by atoms with E-state index in [0.717, 1.165) is 0 Å². The Morgan fingerprint density at radius 2 is 2.09 bits per heavy atom. The van der Waals surface area contributed by atoms with E-state index in [1.165, 1.54) is 0 Å². The zero-order chi connectivity index (χ0) is 7.61. The maximum atomic E-state index is 12.3. The van der Waals surface area contributed by atoms with E-state index in [-0.39, 0.29) is 18.5 Å². The molecule has 1 aliphatic heterocycles. The summed E-state index contributed by atoms with van der Waals surface area (Å²) in [5.74, 6) is 0. The summed E-state index contributed by atoms with van der Waals surface area (Å²) >= 11 is 2.66. The average molecular weight is 252 g/mol. The van der Waals surface area contributed by atoms with Crippen LogP contribution in [-0.4, -0.2) is 30.6 Å². The largest absolute Gasteiger partial charge is 0.365 e. The van der Waals surface area contributed by atoms with Crippen molar-refractivity contribution >= 4 is 28.3 Å². The molecule has 68 valence electrons. The molecule has 2 nitrogen and oxygen atoms in total. The number of rotatable bonds is 3. The van der Waals surface area contributed by atoms with Gasteiger partial charge < -0.3 is 10.1 Å². The lowest BCUT2D eigenvalue weighted by Crippen LogP contribution is -2.51. The smallest absolute Gasteiger partial charge is 0.314 e. The second-order valence-corrected chi connectivity index (χ2v) is 2.73.